The van der Waals surface area contributed by atoms with E-state index in [2.05, 4.69) is 20.5 Å². The first-order chi connectivity index (χ1) is 11.1. The molecule has 9 heteroatoms. The maximum atomic E-state index is 12.2. The largest absolute Gasteiger partial charge is 0.495 e. The molecule has 1 aliphatic heterocycles. The standard InChI is InChI=1S/C14H14ClN5O3/c1-23-11-3-2-9(5-10(11)15)20-6-8(4-12(20)21)13(22)18-14-16-7-17-19-14/h2-3,5,7-8H,4,6H2,1H3,(H2,16,17,18,19,22)/t8-/m1/s1. The lowest BCUT2D eigenvalue weighted by molar-refractivity contribution is -0.122. The smallest absolute Gasteiger partial charge is 0.232 e. The molecular formula is C14H14ClN5O3. The van der Waals surface area contributed by atoms with Crippen LogP contribution in [0, 0.1) is 5.92 Å². The van der Waals surface area contributed by atoms with Gasteiger partial charge in [-0.2, -0.15) is 10.1 Å². The Balaban J connectivity index is 1.72. The number of nitrogens with one attached hydrogen (secondary N) is 2. The normalized spacial score (nSPS) is 17.4. The van der Waals surface area contributed by atoms with Crippen molar-refractivity contribution in [3.63, 3.8) is 0 Å². The number of rotatable bonds is 4. The van der Waals surface area contributed by atoms with Crippen LogP contribution in [0.3, 0.4) is 0 Å². The maximum absolute atomic E-state index is 12.2. The predicted octanol–water partition coefficient (Wildman–Crippen LogP) is 1.46. The van der Waals surface area contributed by atoms with Crippen LogP contribution in [0.25, 0.3) is 0 Å². The molecule has 0 saturated carbocycles. The first-order valence-corrected chi connectivity index (χ1v) is 7.26. The van der Waals surface area contributed by atoms with Crippen molar-refractivity contribution >= 4 is 35.1 Å². The first-order valence-electron chi connectivity index (χ1n) is 6.88. The number of halogens is 1. The number of carbonyl (C=O) groups is 2. The highest BCUT2D eigenvalue weighted by molar-refractivity contribution is 6.32. The number of aromatic amines is 1. The number of carbonyl (C=O) groups excluding carboxylic acids is 2. The minimum absolute atomic E-state index is 0.129. The average Bonchev–Trinajstić information content (AvgIpc) is 3.16. The lowest BCUT2D eigenvalue weighted by Gasteiger charge is -2.17. The van der Waals surface area contributed by atoms with Gasteiger partial charge in [0.2, 0.25) is 17.8 Å². The highest BCUT2D eigenvalue weighted by Gasteiger charge is 2.35. The fraction of sp³-hybridized carbons (Fsp3) is 0.286. The molecule has 0 aliphatic carbocycles. The second-order valence-electron chi connectivity index (χ2n) is 5.05. The summed E-state index contributed by atoms with van der Waals surface area (Å²) in [5, 5.41) is 9.20. The van der Waals surface area contributed by atoms with Gasteiger partial charge in [0.25, 0.3) is 0 Å². The van der Waals surface area contributed by atoms with Gasteiger partial charge in [0.15, 0.2) is 0 Å². The molecule has 3 rings (SSSR count). The Morgan fingerprint density at radius 2 is 2.35 bits per heavy atom. The van der Waals surface area contributed by atoms with E-state index < -0.39 is 5.92 Å². The third-order valence-electron chi connectivity index (χ3n) is 3.60. The first kappa shape index (κ1) is 15.3. The Bertz CT molecular complexity index is 734. The van der Waals surface area contributed by atoms with Gasteiger partial charge in [-0.1, -0.05) is 11.6 Å². The number of methoxy groups -OCH3 is 1. The summed E-state index contributed by atoms with van der Waals surface area (Å²) < 4.78 is 5.09. The zero-order valence-electron chi connectivity index (χ0n) is 12.2. The molecule has 120 valence electrons. The van der Waals surface area contributed by atoms with E-state index >= 15 is 0 Å². The van der Waals surface area contributed by atoms with Crippen molar-refractivity contribution in [3.05, 3.63) is 29.5 Å². The topological polar surface area (TPSA) is 100 Å². The summed E-state index contributed by atoms with van der Waals surface area (Å²) in [5.74, 6) is -0.0929. The SMILES string of the molecule is COc1ccc(N2C[C@H](C(=O)Nc3ncn[nH]3)CC2=O)cc1Cl. The molecular weight excluding hydrogens is 322 g/mol. The van der Waals surface area contributed by atoms with Crippen molar-refractivity contribution in [2.75, 3.05) is 23.9 Å². The highest BCUT2D eigenvalue weighted by Crippen LogP contribution is 2.32. The van der Waals surface area contributed by atoms with E-state index in [1.807, 2.05) is 0 Å². The summed E-state index contributed by atoms with van der Waals surface area (Å²) in [4.78, 5) is 29.7. The molecule has 1 aromatic heterocycles. The summed E-state index contributed by atoms with van der Waals surface area (Å²) in [7, 11) is 1.52. The highest BCUT2D eigenvalue weighted by atomic mass is 35.5. The number of hydrogen-bond donors (Lipinski definition) is 2. The average molecular weight is 336 g/mol. The third-order valence-corrected chi connectivity index (χ3v) is 3.89. The van der Waals surface area contributed by atoms with Crippen LogP contribution in [0.2, 0.25) is 5.02 Å². The zero-order valence-corrected chi connectivity index (χ0v) is 13.0. The van der Waals surface area contributed by atoms with Crippen LogP contribution in [0.15, 0.2) is 24.5 Å². The maximum Gasteiger partial charge on any atom is 0.232 e. The lowest BCUT2D eigenvalue weighted by Crippen LogP contribution is -2.28. The van der Waals surface area contributed by atoms with Gasteiger partial charge in [-0.3, -0.25) is 14.9 Å². The second-order valence-corrected chi connectivity index (χ2v) is 5.45. The van der Waals surface area contributed by atoms with Gasteiger partial charge in [-0.25, -0.2) is 5.10 Å². The fourth-order valence-electron chi connectivity index (χ4n) is 2.44. The Morgan fingerprint density at radius 3 is 3.00 bits per heavy atom. The molecule has 2 aromatic rings. The van der Waals surface area contributed by atoms with Crippen molar-refractivity contribution in [2.24, 2.45) is 5.92 Å². The minimum Gasteiger partial charge on any atom is -0.495 e. The van der Waals surface area contributed by atoms with E-state index in [0.717, 1.165) is 0 Å². The molecule has 0 unspecified atom stereocenters. The molecule has 0 radical (unpaired) electrons. The Morgan fingerprint density at radius 1 is 1.52 bits per heavy atom. The van der Waals surface area contributed by atoms with Crippen LogP contribution in [-0.4, -0.2) is 40.7 Å². The molecule has 1 fully saturated rings. The van der Waals surface area contributed by atoms with Crippen LogP contribution in [0.5, 0.6) is 5.75 Å². The Kier molecular flexibility index (Phi) is 4.16. The number of nitrogens with zero attached hydrogens (tertiary/aromatic N) is 3. The van der Waals surface area contributed by atoms with Crippen molar-refractivity contribution in [3.8, 4) is 5.75 Å². The summed E-state index contributed by atoms with van der Waals surface area (Å²) in [5.41, 5.74) is 0.635. The number of hydrogen-bond acceptors (Lipinski definition) is 5. The van der Waals surface area contributed by atoms with Gasteiger partial charge < -0.3 is 9.64 Å². The molecule has 2 heterocycles. The van der Waals surface area contributed by atoms with E-state index in [0.29, 0.717) is 16.5 Å². The van der Waals surface area contributed by atoms with Crippen LogP contribution < -0.4 is 15.0 Å². The summed E-state index contributed by atoms with van der Waals surface area (Å²) >= 11 is 6.09. The zero-order chi connectivity index (χ0) is 16.4. The van der Waals surface area contributed by atoms with Gasteiger partial charge in [-0.05, 0) is 18.2 Å². The van der Waals surface area contributed by atoms with Crippen LogP contribution in [0.4, 0.5) is 11.6 Å². The van der Waals surface area contributed by atoms with Gasteiger partial charge in [0.05, 0.1) is 18.1 Å². The molecule has 2 N–H and O–H groups in total. The molecule has 23 heavy (non-hydrogen) atoms. The van der Waals surface area contributed by atoms with Gasteiger partial charge >= 0.3 is 0 Å². The Hall–Kier alpha value is -2.61. The molecule has 2 amide bonds. The number of ether oxygens (including phenoxy) is 1. The molecule has 0 bridgehead atoms. The molecule has 8 nitrogen and oxygen atoms in total. The number of aromatic nitrogens is 3. The number of amides is 2. The van der Waals surface area contributed by atoms with E-state index in [1.165, 1.54) is 18.3 Å². The third kappa shape index (κ3) is 3.11. The van der Waals surface area contributed by atoms with Gasteiger partial charge in [-0.15, -0.1) is 0 Å². The lowest BCUT2D eigenvalue weighted by atomic mass is 10.1. The van der Waals surface area contributed by atoms with E-state index in [1.54, 1.807) is 18.2 Å². The Labute approximate surface area is 136 Å². The fourth-order valence-corrected chi connectivity index (χ4v) is 2.69. The second kappa shape index (κ2) is 6.25. The summed E-state index contributed by atoms with van der Waals surface area (Å²) in [6, 6.07) is 5.07. The minimum atomic E-state index is -0.464. The molecule has 1 saturated heterocycles. The predicted molar refractivity (Wildman–Crippen MR) is 83.5 cm³/mol. The van der Waals surface area contributed by atoms with E-state index in [4.69, 9.17) is 16.3 Å². The molecule has 1 aromatic carbocycles. The van der Waals surface area contributed by atoms with Crippen LogP contribution in [0.1, 0.15) is 6.42 Å². The number of benzene rings is 1. The van der Waals surface area contributed by atoms with Gasteiger partial charge in [0.1, 0.15) is 12.1 Å². The van der Waals surface area contributed by atoms with Crippen LogP contribution in [-0.2, 0) is 9.59 Å². The monoisotopic (exact) mass is 335 g/mol. The van der Waals surface area contributed by atoms with Crippen molar-refractivity contribution in [1.82, 2.24) is 15.2 Å². The van der Waals surface area contributed by atoms with E-state index in [9.17, 15) is 9.59 Å². The molecule has 1 aliphatic rings. The quantitative estimate of drug-likeness (QED) is 0.881. The van der Waals surface area contributed by atoms with Crippen molar-refractivity contribution in [1.29, 1.82) is 0 Å². The summed E-state index contributed by atoms with van der Waals surface area (Å²) in [6.07, 6.45) is 1.42. The summed E-state index contributed by atoms with van der Waals surface area (Å²) in [6.45, 7) is 0.279. The van der Waals surface area contributed by atoms with Crippen molar-refractivity contribution < 1.29 is 14.3 Å². The van der Waals surface area contributed by atoms with E-state index in [-0.39, 0.29) is 30.7 Å². The van der Waals surface area contributed by atoms with Gasteiger partial charge in [0, 0.05) is 18.7 Å². The molecule has 0 spiro atoms. The number of H-pyrrole nitrogens is 1. The van der Waals surface area contributed by atoms with Crippen molar-refractivity contribution in [2.45, 2.75) is 6.42 Å². The number of anilines is 2. The van der Waals surface area contributed by atoms with Crippen LogP contribution >= 0.6 is 11.6 Å². The molecule has 1 atom stereocenters.